The summed E-state index contributed by atoms with van der Waals surface area (Å²) in [5.74, 6) is 7.43. The zero-order chi connectivity index (χ0) is 38.9. The van der Waals surface area contributed by atoms with E-state index in [-0.39, 0.29) is 12.2 Å². The van der Waals surface area contributed by atoms with Crippen molar-refractivity contribution in [3.63, 3.8) is 0 Å². The summed E-state index contributed by atoms with van der Waals surface area (Å²) < 4.78 is 11.3. The van der Waals surface area contributed by atoms with Gasteiger partial charge in [0.2, 0.25) is 0 Å². The highest BCUT2D eigenvalue weighted by Gasteiger charge is 2.24. The lowest BCUT2D eigenvalue weighted by Crippen LogP contribution is -2.42. The largest absolute Gasteiger partial charge is 0.444 e. The van der Waals surface area contributed by atoms with E-state index in [1.807, 2.05) is 60.7 Å². The van der Waals surface area contributed by atoms with Crippen molar-refractivity contribution in [3.05, 3.63) is 83.3 Å². The lowest BCUT2D eigenvalue weighted by molar-refractivity contribution is 0.0227. The van der Waals surface area contributed by atoms with Crippen LogP contribution in [0.3, 0.4) is 0 Å². The number of hydrogen-bond donors (Lipinski definition) is 2. The van der Waals surface area contributed by atoms with Crippen LogP contribution < -0.4 is 5.32 Å². The van der Waals surface area contributed by atoms with E-state index >= 15 is 0 Å². The minimum Gasteiger partial charge on any atom is -0.444 e. The van der Waals surface area contributed by atoms with Crippen molar-refractivity contribution in [2.45, 2.75) is 98.8 Å². The van der Waals surface area contributed by atoms with E-state index in [9.17, 15) is 9.59 Å². The Morgan fingerprint density at radius 1 is 0.796 bits per heavy atom. The van der Waals surface area contributed by atoms with Crippen LogP contribution in [0.1, 0.15) is 97.2 Å². The van der Waals surface area contributed by atoms with Crippen LogP contribution in [0.15, 0.2) is 65.8 Å². The Balaban J connectivity index is 1.32. The number of imidazole rings is 1. The summed E-state index contributed by atoms with van der Waals surface area (Å²) in [7, 11) is 0. The summed E-state index contributed by atoms with van der Waals surface area (Å²) in [6, 6.07) is 18.8. The molecule has 4 aromatic rings. The van der Waals surface area contributed by atoms with Crippen LogP contribution in [0, 0.1) is 11.8 Å². The molecule has 0 bridgehead atoms. The van der Waals surface area contributed by atoms with Gasteiger partial charge in [-0.15, -0.1) is 0 Å². The van der Waals surface area contributed by atoms with E-state index in [2.05, 4.69) is 82.6 Å². The summed E-state index contributed by atoms with van der Waals surface area (Å²) in [6.45, 7) is 18.8. The topological polar surface area (TPSA) is 112 Å². The maximum absolute atomic E-state index is 13.0. The number of ether oxygens (including phenoxy) is 2. The third kappa shape index (κ3) is 11.7. The number of nitrogens with zero attached hydrogens (tertiary/aromatic N) is 4. The normalized spacial score (nSPS) is 13.4. The van der Waals surface area contributed by atoms with E-state index in [0.717, 1.165) is 76.8 Å². The van der Waals surface area contributed by atoms with Gasteiger partial charge in [0.25, 0.3) is 0 Å². The first-order valence-electron chi connectivity index (χ1n) is 19.2. The highest BCUT2D eigenvalue weighted by Crippen LogP contribution is 2.26. The van der Waals surface area contributed by atoms with Crippen molar-refractivity contribution in [2.24, 2.45) is 4.99 Å². The highest BCUT2D eigenvalue weighted by molar-refractivity contribution is 5.93. The summed E-state index contributed by atoms with van der Waals surface area (Å²) in [5.41, 5.74) is 5.54. The highest BCUT2D eigenvalue weighted by atomic mass is 16.6. The van der Waals surface area contributed by atoms with Gasteiger partial charge in [0.15, 0.2) is 0 Å². The maximum atomic E-state index is 13.0. The molecule has 0 fully saturated rings. The van der Waals surface area contributed by atoms with Crippen LogP contribution in [0.25, 0.3) is 22.0 Å². The second-order valence-corrected chi connectivity index (χ2v) is 15.9. The quantitative estimate of drug-likeness (QED) is 0.166. The van der Waals surface area contributed by atoms with Gasteiger partial charge in [-0.25, -0.2) is 14.6 Å². The number of aromatic nitrogens is 2. The minimum atomic E-state index is -0.565. The van der Waals surface area contributed by atoms with Gasteiger partial charge in [-0.2, -0.15) is 0 Å². The number of fused-ring (bicyclic) bond motifs is 2. The number of H-pyrrole nitrogens is 1. The van der Waals surface area contributed by atoms with E-state index in [0.29, 0.717) is 38.5 Å². The van der Waals surface area contributed by atoms with Crippen molar-refractivity contribution in [2.75, 3.05) is 32.7 Å². The predicted octanol–water partition coefficient (Wildman–Crippen LogP) is 9.03. The van der Waals surface area contributed by atoms with E-state index in [1.165, 1.54) is 5.56 Å². The number of benzene rings is 3. The predicted molar refractivity (Wildman–Crippen MR) is 217 cm³/mol. The van der Waals surface area contributed by atoms with E-state index in [4.69, 9.17) is 14.5 Å². The molecule has 3 aromatic carbocycles. The Bertz CT molecular complexity index is 2020. The molecule has 1 aliphatic heterocycles. The van der Waals surface area contributed by atoms with Crippen LogP contribution >= 0.6 is 0 Å². The standard InChI is InChI=1S/C44H56N6O4/c1-9-22-49(41(51)53-43(3,4)5)29-37-27-45-21-11-12-33-17-15-32(25-38(33)47-37)14-13-31-16-18-35-26-36(20-19-34(35)24-31)39-28-46-40(48-39)30-50(23-10-2)42(52)54-44(6,7)8/h15-20,24-26,28,45H,9-12,21-23,27,29-30H2,1-8H3,(H,46,48). The lowest BCUT2D eigenvalue weighted by atomic mass is 10.0. The zero-order valence-corrected chi connectivity index (χ0v) is 33.3. The van der Waals surface area contributed by atoms with Gasteiger partial charge in [0, 0.05) is 36.3 Å². The van der Waals surface area contributed by atoms with Gasteiger partial charge in [-0.1, -0.05) is 50.0 Å². The first kappa shape index (κ1) is 40.1. The number of aromatic amines is 1. The SMILES string of the molecule is CCCN(CC1=Nc2cc(C#Cc3ccc4cc(-c5cnc(CN(CCC)C(=O)OC(C)(C)C)[nH]5)ccc4c3)ccc2CCCNC1)C(=O)OC(C)(C)C. The van der Waals surface area contributed by atoms with E-state index < -0.39 is 11.2 Å². The molecule has 286 valence electrons. The number of amides is 2. The summed E-state index contributed by atoms with van der Waals surface area (Å²) >= 11 is 0. The summed E-state index contributed by atoms with van der Waals surface area (Å²) in [5, 5.41) is 5.67. The lowest BCUT2D eigenvalue weighted by Gasteiger charge is -2.27. The molecule has 10 heteroatoms. The van der Waals surface area contributed by atoms with Crippen molar-refractivity contribution in [1.29, 1.82) is 0 Å². The van der Waals surface area contributed by atoms with Crippen molar-refractivity contribution in [3.8, 4) is 23.1 Å². The Labute approximate surface area is 320 Å². The fourth-order valence-corrected chi connectivity index (χ4v) is 6.18. The number of nitrogens with one attached hydrogen (secondary N) is 2. The number of hydrogen-bond acceptors (Lipinski definition) is 7. The Morgan fingerprint density at radius 3 is 2.07 bits per heavy atom. The van der Waals surface area contributed by atoms with Gasteiger partial charge in [0.05, 0.1) is 36.4 Å². The number of carbonyl (C=O) groups excluding carboxylic acids is 2. The van der Waals surface area contributed by atoms with Crippen LogP contribution in [0.4, 0.5) is 15.3 Å². The molecule has 54 heavy (non-hydrogen) atoms. The van der Waals surface area contributed by atoms with Crippen molar-refractivity contribution >= 4 is 34.4 Å². The van der Waals surface area contributed by atoms with Gasteiger partial charge < -0.3 is 29.6 Å². The molecule has 0 saturated heterocycles. The van der Waals surface area contributed by atoms with Gasteiger partial charge >= 0.3 is 12.2 Å². The molecule has 2 N–H and O–H groups in total. The molecule has 2 amide bonds. The molecule has 0 saturated carbocycles. The van der Waals surface area contributed by atoms with Gasteiger partial charge in [-0.05, 0) is 120 Å². The first-order valence-corrected chi connectivity index (χ1v) is 19.2. The number of aliphatic imine (C=N–C) groups is 1. The third-order valence-corrected chi connectivity index (χ3v) is 8.63. The molecule has 1 aromatic heterocycles. The summed E-state index contributed by atoms with van der Waals surface area (Å²) in [6.07, 6.45) is 4.71. The van der Waals surface area contributed by atoms with Crippen molar-refractivity contribution < 1.29 is 19.1 Å². The molecule has 0 aliphatic carbocycles. The molecule has 5 rings (SSSR count). The van der Waals surface area contributed by atoms with Crippen molar-refractivity contribution in [1.82, 2.24) is 25.1 Å². The second-order valence-electron chi connectivity index (χ2n) is 15.9. The number of carbonyl (C=O) groups is 2. The van der Waals surface area contributed by atoms with Crippen LogP contribution in [0.5, 0.6) is 0 Å². The van der Waals surface area contributed by atoms with Crippen LogP contribution in [-0.4, -0.2) is 81.6 Å². The molecular weight excluding hydrogens is 677 g/mol. The zero-order valence-electron chi connectivity index (χ0n) is 33.3. The molecule has 10 nitrogen and oxygen atoms in total. The molecule has 0 unspecified atom stereocenters. The van der Waals surface area contributed by atoms with Crippen LogP contribution in [-0.2, 0) is 22.4 Å². The van der Waals surface area contributed by atoms with Gasteiger partial charge in [-0.3, -0.25) is 4.99 Å². The molecule has 0 spiro atoms. The third-order valence-electron chi connectivity index (χ3n) is 8.63. The van der Waals surface area contributed by atoms with Crippen LogP contribution in [0.2, 0.25) is 0 Å². The Morgan fingerprint density at radius 2 is 1.41 bits per heavy atom. The average molecular weight is 733 g/mol. The minimum absolute atomic E-state index is 0.320. The molecule has 0 radical (unpaired) electrons. The molecular formula is C44H56N6O4. The van der Waals surface area contributed by atoms with Gasteiger partial charge in [0.1, 0.15) is 17.0 Å². The first-order chi connectivity index (χ1) is 25.7. The smallest absolute Gasteiger partial charge is 0.410 e. The number of aryl methyl sites for hydroxylation is 1. The average Bonchev–Trinajstić information content (AvgIpc) is 3.60. The molecule has 1 aliphatic rings. The Hall–Kier alpha value is -5.14. The maximum Gasteiger partial charge on any atom is 0.410 e. The second kappa shape index (κ2) is 17.8. The molecule has 2 heterocycles. The number of rotatable bonds is 9. The molecule has 0 atom stereocenters. The monoisotopic (exact) mass is 732 g/mol. The Kier molecular flexibility index (Phi) is 13.2. The fourth-order valence-electron chi connectivity index (χ4n) is 6.18. The van der Waals surface area contributed by atoms with E-state index in [1.54, 1.807) is 9.80 Å². The summed E-state index contributed by atoms with van der Waals surface area (Å²) in [4.78, 5) is 42.3. The fraction of sp³-hybridized carbons (Fsp3) is 0.455.